The Kier molecular flexibility index (Phi) is 1.66. The molecule has 0 atom stereocenters. The van der Waals surface area contributed by atoms with Crippen LogP contribution in [0, 0.1) is 0 Å². The number of rotatable bonds is 0. The lowest BCUT2D eigenvalue weighted by atomic mass is 10.2. The Labute approximate surface area is 65.6 Å². The van der Waals surface area contributed by atoms with E-state index in [9.17, 15) is 0 Å². The molecule has 1 N–H and O–H groups in total. The molecule has 0 amide bonds. The molecule has 0 unspecified atom stereocenters. The minimum Gasteiger partial charge on any atom is -0.491 e. The van der Waals surface area contributed by atoms with Crippen molar-refractivity contribution in [3.63, 3.8) is 0 Å². The zero-order chi connectivity index (χ0) is 7.52. The van der Waals surface area contributed by atoms with Crippen LogP contribution in [0.25, 0.3) is 0 Å². The summed E-state index contributed by atoms with van der Waals surface area (Å²) < 4.78 is 5.43. The molecule has 2 rings (SSSR count). The molecule has 0 aromatic carbocycles. The molecule has 0 bridgehead atoms. The van der Waals surface area contributed by atoms with Gasteiger partial charge in [-0.1, -0.05) is 11.5 Å². The van der Waals surface area contributed by atoms with Crippen LogP contribution < -0.4 is 5.32 Å². The number of ether oxygens (including phenoxy) is 1. The maximum atomic E-state index is 5.43. The smallest absolute Gasteiger partial charge is 0.132 e. The lowest BCUT2D eigenvalue weighted by Crippen LogP contribution is -2.17. The maximum Gasteiger partial charge on any atom is 0.132 e. The van der Waals surface area contributed by atoms with Crippen molar-refractivity contribution in [2.24, 2.45) is 0 Å². The second-order valence-electron chi connectivity index (χ2n) is 2.49. The van der Waals surface area contributed by atoms with Gasteiger partial charge in [0, 0.05) is 24.7 Å². The highest BCUT2D eigenvalue weighted by atomic mass is 16.5. The van der Waals surface area contributed by atoms with E-state index in [2.05, 4.69) is 16.8 Å². The molecule has 0 saturated heterocycles. The Morgan fingerprint density at radius 2 is 2.27 bits per heavy atom. The van der Waals surface area contributed by atoms with Gasteiger partial charge >= 0.3 is 0 Å². The first-order valence-electron chi connectivity index (χ1n) is 3.71. The molecule has 2 aliphatic rings. The Morgan fingerprint density at radius 1 is 1.36 bits per heavy atom. The van der Waals surface area contributed by atoms with Crippen molar-refractivity contribution in [1.82, 2.24) is 5.32 Å². The first-order valence-corrected chi connectivity index (χ1v) is 3.71. The van der Waals surface area contributed by atoms with Gasteiger partial charge in [0.2, 0.25) is 0 Å². The van der Waals surface area contributed by atoms with Crippen LogP contribution in [0.3, 0.4) is 0 Å². The van der Waals surface area contributed by atoms with Crippen LogP contribution in [0.2, 0.25) is 0 Å². The van der Waals surface area contributed by atoms with E-state index >= 15 is 0 Å². The lowest BCUT2D eigenvalue weighted by molar-refractivity contribution is 0.232. The Hall–Kier alpha value is -1.20. The van der Waals surface area contributed by atoms with Crippen LogP contribution in [0.15, 0.2) is 34.9 Å². The van der Waals surface area contributed by atoms with Gasteiger partial charge in [0.15, 0.2) is 0 Å². The topological polar surface area (TPSA) is 21.3 Å². The highest BCUT2D eigenvalue weighted by Gasteiger charge is 2.07. The van der Waals surface area contributed by atoms with Crippen LogP contribution >= 0.6 is 0 Å². The third-order valence-electron chi connectivity index (χ3n) is 1.70. The number of hydrogen-bond acceptors (Lipinski definition) is 2. The van der Waals surface area contributed by atoms with E-state index in [0.29, 0.717) is 0 Å². The van der Waals surface area contributed by atoms with Crippen LogP contribution in [0.4, 0.5) is 0 Å². The number of hydrogen-bond donors (Lipinski definition) is 1. The summed E-state index contributed by atoms with van der Waals surface area (Å²) in [5.74, 6) is 0.939. The number of allylic oxidation sites excluding steroid dienone is 1. The molecule has 1 aliphatic heterocycles. The highest BCUT2D eigenvalue weighted by Crippen LogP contribution is 2.12. The molecular formula is C9H9NO. The molecule has 1 aliphatic carbocycles. The van der Waals surface area contributed by atoms with Crippen LogP contribution in [-0.2, 0) is 4.74 Å². The largest absolute Gasteiger partial charge is 0.491 e. The summed E-state index contributed by atoms with van der Waals surface area (Å²) >= 11 is 0. The zero-order valence-corrected chi connectivity index (χ0v) is 6.18. The molecule has 0 spiro atoms. The third-order valence-corrected chi connectivity index (χ3v) is 1.70. The normalized spacial score (nSPS) is 21.1. The molecule has 2 nitrogen and oxygen atoms in total. The van der Waals surface area contributed by atoms with Gasteiger partial charge in [-0.15, -0.1) is 0 Å². The van der Waals surface area contributed by atoms with Gasteiger partial charge in [0.1, 0.15) is 12.4 Å². The SMILES string of the molecule is C1=C=CC2=C(C=1)CNCCO2. The Bertz CT molecular complexity index is 261. The summed E-state index contributed by atoms with van der Waals surface area (Å²) in [7, 11) is 0. The van der Waals surface area contributed by atoms with Crippen molar-refractivity contribution in [3.05, 3.63) is 34.9 Å². The van der Waals surface area contributed by atoms with Crippen molar-refractivity contribution >= 4 is 0 Å². The van der Waals surface area contributed by atoms with Crippen molar-refractivity contribution in [3.8, 4) is 0 Å². The maximum absolute atomic E-state index is 5.43. The van der Waals surface area contributed by atoms with Crippen LogP contribution in [0.5, 0.6) is 0 Å². The van der Waals surface area contributed by atoms with Gasteiger partial charge in [-0.05, 0) is 6.08 Å². The fourth-order valence-corrected chi connectivity index (χ4v) is 1.13. The Morgan fingerprint density at radius 3 is 3.27 bits per heavy atom. The van der Waals surface area contributed by atoms with Gasteiger partial charge in [0.05, 0.1) is 0 Å². The monoisotopic (exact) mass is 147 g/mol. The minimum atomic E-state index is 0.741. The van der Waals surface area contributed by atoms with E-state index in [1.807, 2.05) is 12.2 Å². The summed E-state index contributed by atoms with van der Waals surface area (Å²) in [5.41, 5.74) is 6.94. The van der Waals surface area contributed by atoms with E-state index in [1.54, 1.807) is 0 Å². The fraction of sp³-hybridized carbons (Fsp3) is 0.333. The molecule has 0 saturated carbocycles. The first-order chi connectivity index (χ1) is 5.47. The van der Waals surface area contributed by atoms with Crippen LogP contribution in [-0.4, -0.2) is 19.7 Å². The third kappa shape index (κ3) is 1.28. The predicted octanol–water partition coefficient (Wildman–Crippen LogP) is 0.740. The molecule has 0 aromatic heterocycles. The average molecular weight is 147 g/mol. The molecule has 2 heteroatoms. The van der Waals surface area contributed by atoms with Crippen LogP contribution in [0.1, 0.15) is 0 Å². The van der Waals surface area contributed by atoms with Crippen molar-refractivity contribution < 1.29 is 4.74 Å². The molecule has 56 valence electrons. The molecule has 11 heavy (non-hydrogen) atoms. The van der Waals surface area contributed by atoms with E-state index in [0.717, 1.165) is 25.5 Å². The summed E-state index contributed by atoms with van der Waals surface area (Å²) in [4.78, 5) is 0. The summed E-state index contributed by atoms with van der Waals surface area (Å²) in [5, 5.41) is 3.24. The van der Waals surface area contributed by atoms with Gasteiger partial charge in [-0.3, -0.25) is 0 Å². The quantitative estimate of drug-likeness (QED) is 0.510. The number of nitrogens with one attached hydrogen (secondary N) is 1. The fourth-order valence-electron chi connectivity index (χ4n) is 1.13. The molecule has 0 aromatic rings. The standard InChI is InChI=1S/C9H9NO/c1-2-4-9-8(3-1)7-10-5-6-11-9/h3-4,10H,5-7H2. The average Bonchev–Trinajstić information content (AvgIpc) is 2.28. The van der Waals surface area contributed by atoms with Gasteiger partial charge < -0.3 is 10.1 Å². The van der Waals surface area contributed by atoms with Crippen molar-refractivity contribution in [2.45, 2.75) is 0 Å². The first kappa shape index (κ1) is 6.51. The van der Waals surface area contributed by atoms with E-state index in [1.165, 1.54) is 5.57 Å². The van der Waals surface area contributed by atoms with E-state index in [-0.39, 0.29) is 0 Å². The van der Waals surface area contributed by atoms with Crippen molar-refractivity contribution in [2.75, 3.05) is 19.7 Å². The lowest BCUT2D eigenvalue weighted by Gasteiger charge is -2.04. The summed E-state index contributed by atoms with van der Waals surface area (Å²) in [6, 6.07) is 0. The molecule has 0 fully saturated rings. The second kappa shape index (κ2) is 2.81. The van der Waals surface area contributed by atoms with E-state index < -0.39 is 0 Å². The molecule has 0 radical (unpaired) electrons. The molecular weight excluding hydrogens is 138 g/mol. The van der Waals surface area contributed by atoms with Gasteiger partial charge in [-0.2, -0.15) is 0 Å². The molecule has 1 heterocycles. The summed E-state index contributed by atoms with van der Waals surface area (Å²) in [6.07, 6.45) is 3.75. The zero-order valence-electron chi connectivity index (χ0n) is 6.18. The summed E-state index contributed by atoms with van der Waals surface area (Å²) in [6.45, 7) is 2.53. The van der Waals surface area contributed by atoms with Crippen molar-refractivity contribution in [1.29, 1.82) is 0 Å². The second-order valence-corrected chi connectivity index (χ2v) is 2.49. The van der Waals surface area contributed by atoms with E-state index in [4.69, 9.17) is 4.74 Å². The minimum absolute atomic E-state index is 0.741. The van der Waals surface area contributed by atoms with Gasteiger partial charge in [-0.25, -0.2) is 0 Å². The highest BCUT2D eigenvalue weighted by molar-refractivity contribution is 5.33. The van der Waals surface area contributed by atoms with Gasteiger partial charge in [0.25, 0.3) is 0 Å². The Balaban J connectivity index is 2.29. The predicted molar refractivity (Wildman–Crippen MR) is 42.0 cm³/mol.